The highest BCUT2D eigenvalue weighted by atomic mass is 35.5. The highest BCUT2D eigenvalue weighted by molar-refractivity contribution is 6.54. The van der Waals surface area contributed by atoms with Gasteiger partial charge in [-0.15, -0.1) is 6.58 Å². The molecular weight excluding hydrogens is 918 g/mol. The van der Waals surface area contributed by atoms with Crippen molar-refractivity contribution in [2.45, 2.75) is 72.5 Å². The Hall–Kier alpha value is -5.50. The number of hydrogen-bond donors (Lipinski definition) is 5. The van der Waals surface area contributed by atoms with Gasteiger partial charge < -0.3 is 52.3 Å². The average molecular weight is 988 g/mol. The van der Waals surface area contributed by atoms with Gasteiger partial charge in [0.15, 0.2) is 22.2 Å². The third-order valence-electron chi connectivity index (χ3n) is 9.40. The van der Waals surface area contributed by atoms with Gasteiger partial charge >= 0.3 is 7.12 Å². The van der Waals surface area contributed by atoms with E-state index >= 15 is 0 Å². The van der Waals surface area contributed by atoms with Gasteiger partial charge in [0, 0.05) is 72.6 Å². The smallest absolute Gasteiger partial charge is 0.400 e. The molecule has 5 heterocycles. The first-order chi connectivity index (χ1) is 30.8. The lowest BCUT2D eigenvalue weighted by atomic mass is 9.81. The van der Waals surface area contributed by atoms with Crippen molar-refractivity contribution in [3.8, 4) is 0 Å². The van der Waals surface area contributed by atoms with Gasteiger partial charge in [0.05, 0.1) is 44.0 Å². The molecule has 1 aliphatic heterocycles. The Morgan fingerprint density at radius 1 is 0.627 bits per heavy atom. The summed E-state index contributed by atoms with van der Waals surface area (Å²) in [4.78, 5) is 54.7. The molecule has 21 heteroatoms. The fourth-order valence-electron chi connectivity index (χ4n) is 4.90. The van der Waals surface area contributed by atoms with Gasteiger partial charge in [0.1, 0.15) is 0 Å². The van der Waals surface area contributed by atoms with Crippen molar-refractivity contribution in [1.29, 1.82) is 0 Å². The first kappa shape index (κ1) is 61.5. The molecule has 1 saturated heterocycles. The second-order valence-corrected chi connectivity index (χ2v) is 18.0. The molecule has 9 N–H and O–H groups in total. The van der Waals surface area contributed by atoms with Gasteiger partial charge in [0.25, 0.3) is 17.7 Å². The Bertz CT molecular complexity index is 2270. The molecule has 67 heavy (non-hydrogen) atoms. The molecule has 0 aromatic carbocycles. The Kier molecular flexibility index (Phi) is 25.7. The molecule has 5 rings (SSSR count). The minimum Gasteiger partial charge on any atom is -0.400 e. The molecule has 3 amide bonds. The van der Waals surface area contributed by atoms with Crippen LogP contribution in [-0.2, 0) is 9.31 Å². The topological polar surface area (TPSA) is 247 Å². The standard InChI is InChI=1S/C11H17N3O.C11H15N3O.C9H17BO2.C8H10ClN3O.C5H4Cl2N2.C2H7N/c2*1-7(2)8-5-6-13-10(9(8)12)11(15)14(3)4;1-7(2)10-11-8(3,4)9(5,6)12-10;1-12(2)8(13)7-6(10)5(9)3-4-11-7;6-3-1-2-9-5(7)4(3)8;1-3-2/h5-7H,12H2,1-4H3;5-6H,1,12H2,2-4H3;1H2,2-6H3;3-4H,10H2,1-2H3;1-2H,8H2;3H,1-2H3. The number of aromatic nitrogens is 4. The minimum atomic E-state index is -0.250. The number of nitrogen functional groups attached to an aromatic ring is 4. The third-order valence-corrected chi connectivity index (χ3v) is 10.4. The van der Waals surface area contributed by atoms with Crippen molar-refractivity contribution >= 4 is 88.0 Å². The molecule has 0 spiro atoms. The van der Waals surface area contributed by atoms with Gasteiger partial charge in [-0.05, 0) is 97.0 Å². The van der Waals surface area contributed by atoms with Crippen molar-refractivity contribution < 1.29 is 23.7 Å². The molecule has 0 radical (unpaired) electrons. The van der Waals surface area contributed by atoms with Gasteiger partial charge in [-0.1, -0.05) is 60.7 Å². The number of hydrogen-bond acceptors (Lipinski definition) is 14. The summed E-state index contributed by atoms with van der Waals surface area (Å²) in [6, 6.07) is 6.74. The number of halogens is 3. The maximum absolute atomic E-state index is 11.7. The zero-order valence-corrected chi connectivity index (χ0v) is 44.1. The number of nitrogens with zero attached hydrogens (tertiary/aromatic N) is 7. The molecule has 1 aliphatic rings. The van der Waals surface area contributed by atoms with E-state index in [4.69, 9.17) is 67.0 Å². The highest BCUT2D eigenvalue weighted by Gasteiger charge is 2.51. The quantitative estimate of drug-likeness (QED) is 0.0911. The summed E-state index contributed by atoms with van der Waals surface area (Å²) < 4.78 is 11.4. The Morgan fingerprint density at radius 3 is 1.30 bits per heavy atom. The van der Waals surface area contributed by atoms with Crippen molar-refractivity contribution in [2.75, 3.05) is 79.3 Å². The lowest BCUT2D eigenvalue weighted by Crippen LogP contribution is -2.41. The zero-order chi connectivity index (χ0) is 52.3. The number of amides is 3. The van der Waals surface area contributed by atoms with Crippen molar-refractivity contribution in [1.82, 2.24) is 40.0 Å². The van der Waals surface area contributed by atoms with Crippen molar-refractivity contribution in [3.63, 3.8) is 0 Å². The lowest BCUT2D eigenvalue weighted by molar-refractivity contribution is 0.00578. The van der Waals surface area contributed by atoms with Crippen LogP contribution in [0.2, 0.25) is 15.2 Å². The number of nitrogens with two attached hydrogens (primary N) is 4. The van der Waals surface area contributed by atoms with E-state index in [1.165, 1.54) is 27.1 Å². The lowest BCUT2D eigenvalue weighted by Gasteiger charge is -2.32. The van der Waals surface area contributed by atoms with Gasteiger partial charge in [-0.2, -0.15) is 0 Å². The number of pyridine rings is 4. The number of rotatable bonds is 6. The van der Waals surface area contributed by atoms with Crippen LogP contribution in [0.15, 0.2) is 67.7 Å². The third kappa shape index (κ3) is 18.6. The summed E-state index contributed by atoms with van der Waals surface area (Å²) in [7, 11) is 13.5. The Balaban J connectivity index is 0.000000807. The molecular formula is C46H70BCl3N12O5. The summed E-state index contributed by atoms with van der Waals surface area (Å²) in [6.07, 6.45) is 6.15. The Labute approximate surface area is 412 Å². The van der Waals surface area contributed by atoms with E-state index in [0.717, 1.165) is 22.2 Å². The van der Waals surface area contributed by atoms with Gasteiger partial charge in [0.2, 0.25) is 0 Å². The fraction of sp³-hybridized carbons (Fsp3) is 0.413. The van der Waals surface area contributed by atoms with E-state index in [1.807, 2.05) is 75.6 Å². The Morgan fingerprint density at radius 2 is 0.970 bits per heavy atom. The largest absolute Gasteiger partial charge is 0.489 e. The molecule has 0 atom stereocenters. The molecule has 4 aromatic heterocycles. The molecule has 17 nitrogen and oxygen atoms in total. The summed E-state index contributed by atoms with van der Waals surface area (Å²) in [5.74, 6) is -0.313. The number of allylic oxidation sites excluding steroid dienone is 2. The summed E-state index contributed by atoms with van der Waals surface area (Å²) in [5, 5.41) is 3.79. The number of carbonyl (C=O) groups is 3. The van der Waals surface area contributed by atoms with E-state index in [2.05, 4.69) is 38.4 Å². The van der Waals surface area contributed by atoms with Gasteiger partial charge in [-0.3, -0.25) is 14.4 Å². The van der Waals surface area contributed by atoms with E-state index in [0.29, 0.717) is 38.7 Å². The van der Waals surface area contributed by atoms with E-state index in [-0.39, 0.29) is 58.3 Å². The van der Waals surface area contributed by atoms with Crippen LogP contribution in [0.4, 0.5) is 22.7 Å². The van der Waals surface area contributed by atoms with Crippen LogP contribution in [0.5, 0.6) is 0 Å². The average Bonchev–Trinajstić information content (AvgIpc) is 3.47. The second-order valence-electron chi connectivity index (χ2n) is 16.8. The molecule has 0 aliphatic carbocycles. The van der Waals surface area contributed by atoms with Crippen LogP contribution in [0.1, 0.15) is 104 Å². The monoisotopic (exact) mass is 986 g/mol. The van der Waals surface area contributed by atoms with E-state index in [9.17, 15) is 14.4 Å². The maximum Gasteiger partial charge on any atom is 0.489 e. The minimum absolute atomic E-state index is 0.157. The first-order valence-corrected chi connectivity index (χ1v) is 21.8. The predicted molar refractivity (Wildman–Crippen MR) is 278 cm³/mol. The van der Waals surface area contributed by atoms with Crippen LogP contribution in [0, 0.1) is 0 Å². The number of anilines is 4. The van der Waals surface area contributed by atoms with Crippen LogP contribution >= 0.6 is 34.8 Å². The molecule has 1 fully saturated rings. The van der Waals surface area contributed by atoms with Crippen LogP contribution in [0.25, 0.3) is 5.57 Å². The predicted octanol–water partition coefficient (Wildman–Crippen LogP) is 7.91. The maximum atomic E-state index is 11.7. The van der Waals surface area contributed by atoms with E-state index < -0.39 is 0 Å². The first-order valence-electron chi connectivity index (χ1n) is 20.7. The fourth-order valence-corrected chi connectivity index (χ4v) is 5.40. The molecule has 368 valence electrons. The summed E-state index contributed by atoms with van der Waals surface area (Å²) in [6.45, 7) is 23.6. The molecule has 0 saturated carbocycles. The van der Waals surface area contributed by atoms with Crippen molar-refractivity contribution in [3.05, 3.63) is 111 Å². The molecule has 4 aromatic rings. The molecule has 0 bridgehead atoms. The van der Waals surface area contributed by atoms with Crippen LogP contribution in [0.3, 0.4) is 0 Å². The normalized spacial score (nSPS) is 12.6. The van der Waals surface area contributed by atoms with Gasteiger partial charge in [-0.25, -0.2) is 19.9 Å². The SMILES string of the molecule is C=C(C)B1OC(C)(C)C(C)(C)O1.C=C(C)c1ccnc(C(=O)N(C)C)c1N.CC(C)c1ccnc(C(=O)N(C)C)c1N.CN(C)C(=O)c1nccc(Cl)c1N.CNC.Nc1c(Cl)ccnc1Cl. The summed E-state index contributed by atoms with van der Waals surface area (Å²) in [5.41, 5.74) is 28.0. The van der Waals surface area contributed by atoms with E-state index in [1.54, 1.807) is 72.9 Å². The van der Waals surface area contributed by atoms with Crippen LogP contribution in [-0.4, -0.2) is 127 Å². The van der Waals surface area contributed by atoms with Crippen LogP contribution < -0.4 is 28.3 Å². The number of carbonyl (C=O) groups excluding carboxylic acids is 3. The second kappa shape index (κ2) is 28.0. The van der Waals surface area contributed by atoms with Crippen molar-refractivity contribution in [2.24, 2.45) is 0 Å². The number of nitrogens with one attached hydrogen (secondary N) is 1. The zero-order valence-electron chi connectivity index (χ0n) is 41.8. The highest BCUT2D eigenvalue weighted by Crippen LogP contribution is 2.38. The summed E-state index contributed by atoms with van der Waals surface area (Å²) >= 11 is 16.8. The molecule has 0 unspecified atom stereocenters.